The van der Waals surface area contributed by atoms with Gasteiger partial charge in [0.15, 0.2) is 0 Å². The van der Waals surface area contributed by atoms with Crippen LogP contribution in [0.4, 0.5) is 11.4 Å². The van der Waals surface area contributed by atoms with Gasteiger partial charge in [0.25, 0.3) is 0 Å². The van der Waals surface area contributed by atoms with Crippen molar-refractivity contribution in [2.24, 2.45) is 0 Å². The maximum absolute atomic E-state index is 12.1. The Bertz CT molecular complexity index is 754. The summed E-state index contributed by atoms with van der Waals surface area (Å²) in [6, 6.07) is 10.5. The fourth-order valence-corrected chi connectivity index (χ4v) is 2.30. The van der Waals surface area contributed by atoms with E-state index in [0.29, 0.717) is 5.69 Å². The summed E-state index contributed by atoms with van der Waals surface area (Å²) in [5.41, 5.74) is 3.57. The van der Waals surface area contributed by atoms with E-state index in [-0.39, 0.29) is 11.4 Å². The van der Waals surface area contributed by atoms with Gasteiger partial charge in [-0.3, -0.25) is 9.59 Å². The second-order valence-corrected chi connectivity index (χ2v) is 5.39. The first kappa shape index (κ1) is 16.5. The number of phenolic OH excluding ortho intramolecular Hbond substituents is 1. The molecule has 0 radical (unpaired) electrons. The van der Waals surface area contributed by atoms with E-state index in [2.05, 4.69) is 10.6 Å². The Balaban J connectivity index is 2.13. The Morgan fingerprint density at radius 2 is 1.74 bits per heavy atom. The van der Waals surface area contributed by atoms with Crippen molar-refractivity contribution in [1.29, 1.82) is 0 Å². The van der Waals surface area contributed by atoms with Crippen LogP contribution in [0.25, 0.3) is 0 Å². The second kappa shape index (κ2) is 6.96. The van der Waals surface area contributed by atoms with E-state index >= 15 is 0 Å². The number of anilines is 2. The fourth-order valence-electron chi connectivity index (χ4n) is 2.30. The molecule has 5 nitrogen and oxygen atoms in total. The molecule has 2 amide bonds. The van der Waals surface area contributed by atoms with Crippen molar-refractivity contribution in [3.05, 3.63) is 53.1 Å². The molecule has 0 heterocycles. The van der Waals surface area contributed by atoms with Gasteiger partial charge in [-0.15, -0.1) is 0 Å². The minimum atomic E-state index is -0.825. The first-order valence-electron chi connectivity index (χ1n) is 7.42. The lowest BCUT2D eigenvalue weighted by Crippen LogP contribution is -2.29. The lowest BCUT2D eigenvalue weighted by atomic mass is 10.1. The first-order chi connectivity index (χ1) is 10.9. The molecular formula is C18H20N2O3. The van der Waals surface area contributed by atoms with Crippen LogP contribution in [0.5, 0.6) is 5.75 Å². The van der Waals surface area contributed by atoms with E-state index in [0.717, 1.165) is 23.1 Å². The van der Waals surface area contributed by atoms with Gasteiger partial charge in [0.1, 0.15) is 5.75 Å². The number of aryl methyl sites for hydroxylation is 3. The molecule has 5 heteroatoms. The van der Waals surface area contributed by atoms with E-state index in [1.165, 1.54) is 6.07 Å². The van der Waals surface area contributed by atoms with Crippen LogP contribution in [0.2, 0.25) is 0 Å². The van der Waals surface area contributed by atoms with Gasteiger partial charge in [-0.05, 0) is 49.1 Å². The molecule has 0 saturated heterocycles. The molecule has 0 atom stereocenters. The number of benzene rings is 2. The maximum Gasteiger partial charge on any atom is 0.314 e. The molecule has 0 aliphatic heterocycles. The molecule has 2 rings (SSSR count). The van der Waals surface area contributed by atoms with Crippen molar-refractivity contribution in [2.75, 3.05) is 10.6 Å². The molecule has 0 spiro atoms. The molecule has 0 saturated carbocycles. The number of carbonyl (C=O) groups excluding carboxylic acids is 2. The summed E-state index contributed by atoms with van der Waals surface area (Å²) in [4.78, 5) is 24.1. The molecule has 2 aromatic carbocycles. The molecule has 0 bridgehead atoms. The van der Waals surface area contributed by atoms with Gasteiger partial charge in [0, 0.05) is 5.69 Å². The number of para-hydroxylation sites is 1. The molecule has 0 fully saturated rings. The molecule has 0 aliphatic rings. The van der Waals surface area contributed by atoms with Gasteiger partial charge < -0.3 is 15.7 Å². The van der Waals surface area contributed by atoms with Crippen LogP contribution in [0, 0.1) is 13.8 Å². The lowest BCUT2D eigenvalue weighted by Gasteiger charge is -2.13. The van der Waals surface area contributed by atoms with Crippen molar-refractivity contribution in [1.82, 2.24) is 0 Å². The minimum absolute atomic E-state index is 0.0729. The quantitative estimate of drug-likeness (QED) is 0.602. The van der Waals surface area contributed by atoms with E-state index in [1.54, 1.807) is 12.1 Å². The third-order valence-electron chi connectivity index (χ3n) is 3.59. The molecule has 3 N–H and O–H groups in total. The highest BCUT2D eigenvalue weighted by Crippen LogP contribution is 2.24. The number of nitrogens with one attached hydrogen (secondary N) is 2. The van der Waals surface area contributed by atoms with Gasteiger partial charge in [0.2, 0.25) is 0 Å². The van der Waals surface area contributed by atoms with Crippen molar-refractivity contribution >= 4 is 23.2 Å². The number of carbonyl (C=O) groups is 2. The summed E-state index contributed by atoms with van der Waals surface area (Å²) in [5, 5.41) is 14.9. The molecule has 120 valence electrons. The van der Waals surface area contributed by atoms with E-state index in [1.807, 2.05) is 39.0 Å². The number of amides is 2. The van der Waals surface area contributed by atoms with Gasteiger partial charge >= 0.3 is 11.8 Å². The van der Waals surface area contributed by atoms with Crippen LogP contribution in [-0.4, -0.2) is 16.9 Å². The Morgan fingerprint density at radius 3 is 2.39 bits per heavy atom. The van der Waals surface area contributed by atoms with Gasteiger partial charge in [-0.25, -0.2) is 0 Å². The standard InChI is InChI=1S/C18H20N2O3/c1-4-13-7-5-6-12(3)16(13)20-18(23)17(22)19-14-9-8-11(2)10-15(14)21/h5-10,21H,4H2,1-3H3,(H,19,22)(H,20,23). The molecule has 23 heavy (non-hydrogen) atoms. The van der Waals surface area contributed by atoms with Crippen LogP contribution >= 0.6 is 0 Å². The fraction of sp³-hybridized carbons (Fsp3) is 0.222. The SMILES string of the molecule is CCc1cccc(C)c1NC(=O)C(=O)Nc1ccc(C)cc1O. The molecular weight excluding hydrogens is 292 g/mol. The van der Waals surface area contributed by atoms with Crippen molar-refractivity contribution < 1.29 is 14.7 Å². The average Bonchev–Trinajstić information content (AvgIpc) is 2.51. The van der Waals surface area contributed by atoms with Crippen molar-refractivity contribution in [3.8, 4) is 5.75 Å². The normalized spacial score (nSPS) is 10.2. The Hall–Kier alpha value is -2.82. The van der Waals surface area contributed by atoms with Gasteiger partial charge in [-0.1, -0.05) is 31.2 Å². The minimum Gasteiger partial charge on any atom is -0.506 e. The predicted molar refractivity (Wildman–Crippen MR) is 90.7 cm³/mol. The van der Waals surface area contributed by atoms with Crippen molar-refractivity contribution in [2.45, 2.75) is 27.2 Å². The van der Waals surface area contributed by atoms with Gasteiger partial charge in [0.05, 0.1) is 5.69 Å². The highest BCUT2D eigenvalue weighted by molar-refractivity contribution is 6.43. The van der Waals surface area contributed by atoms with Crippen LogP contribution in [0.3, 0.4) is 0 Å². The van der Waals surface area contributed by atoms with Crippen LogP contribution in [0.1, 0.15) is 23.6 Å². The van der Waals surface area contributed by atoms with E-state index in [9.17, 15) is 14.7 Å². The molecule has 2 aromatic rings. The predicted octanol–water partition coefficient (Wildman–Crippen LogP) is 3.15. The van der Waals surface area contributed by atoms with Gasteiger partial charge in [-0.2, -0.15) is 0 Å². The number of phenols is 1. The van der Waals surface area contributed by atoms with E-state index in [4.69, 9.17) is 0 Å². The topological polar surface area (TPSA) is 78.4 Å². The zero-order chi connectivity index (χ0) is 17.0. The first-order valence-corrected chi connectivity index (χ1v) is 7.42. The summed E-state index contributed by atoms with van der Waals surface area (Å²) in [5.74, 6) is -1.67. The third kappa shape index (κ3) is 3.88. The molecule has 0 unspecified atom stereocenters. The Kier molecular flexibility index (Phi) is 5.01. The highest BCUT2D eigenvalue weighted by Gasteiger charge is 2.17. The smallest absolute Gasteiger partial charge is 0.314 e. The number of hydrogen-bond acceptors (Lipinski definition) is 3. The average molecular weight is 312 g/mol. The Morgan fingerprint density at radius 1 is 1.04 bits per heavy atom. The zero-order valence-electron chi connectivity index (χ0n) is 13.4. The summed E-state index contributed by atoms with van der Waals surface area (Å²) >= 11 is 0. The number of rotatable bonds is 3. The summed E-state index contributed by atoms with van der Waals surface area (Å²) in [6.45, 7) is 5.68. The number of hydrogen-bond donors (Lipinski definition) is 3. The largest absolute Gasteiger partial charge is 0.506 e. The Labute approximate surface area is 135 Å². The van der Waals surface area contributed by atoms with Crippen LogP contribution in [0.15, 0.2) is 36.4 Å². The van der Waals surface area contributed by atoms with Crippen LogP contribution in [-0.2, 0) is 16.0 Å². The second-order valence-electron chi connectivity index (χ2n) is 5.39. The summed E-state index contributed by atoms with van der Waals surface area (Å²) in [6.07, 6.45) is 0.748. The lowest BCUT2D eigenvalue weighted by molar-refractivity contribution is -0.133. The molecule has 0 aromatic heterocycles. The zero-order valence-corrected chi connectivity index (χ0v) is 13.4. The highest BCUT2D eigenvalue weighted by atomic mass is 16.3. The van der Waals surface area contributed by atoms with Crippen LogP contribution < -0.4 is 10.6 Å². The summed E-state index contributed by atoms with van der Waals surface area (Å²) in [7, 11) is 0. The van der Waals surface area contributed by atoms with E-state index < -0.39 is 11.8 Å². The molecule has 0 aliphatic carbocycles. The monoisotopic (exact) mass is 312 g/mol. The van der Waals surface area contributed by atoms with Crippen molar-refractivity contribution in [3.63, 3.8) is 0 Å². The third-order valence-corrected chi connectivity index (χ3v) is 3.59. The number of aromatic hydroxyl groups is 1. The summed E-state index contributed by atoms with van der Waals surface area (Å²) < 4.78 is 0. The maximum atomic E-state index is 12.1.